The Morgan fingerprint density at radius 2 is 1.76 bits per heavy atom. The van der Waals surface area contributed by atoms with Gasteiger partial charge in [-0.2, -0.15) is 0 Å². The number of carbonyl (C=O) groups excluding carboxylic acids is 4. The van der Waals surface area contributed by atoms with Crippen LogP contribution in [0.5, 0.6) is 0 Å². The van der Waals surface area contributed by atoms with Crippen LogP contribution in [0.25, 0.3) is 10.9 Å². The smallest absolute Gasteiger partial charge is 0.326 e. The maximum atomic E-state index is 13.7. The molecule has 0 radical (unpaired) electrons. The summed E-state index contributed by atoms with van der Waals surface area (Å²) in [6.07, 6.45) is 1.09. The largest absolute Gasteiger partial charge is 0.481 e. The molecule has 1 aromatic carbocycles. The second kappa shape index (κ2) is 12.2. The highest BCUT2D eigenvalue weighted by atomic mass is 16.4. The molecule has 204 valence electrons. The summed E-state index contributed by atoms with van der Waals surface area (Å²) in [6.45, 7) is 0.159. The lowest BCUT2D eigenvalue weighted by Gasteiger charge is -2.30. The van der Waals surface area contributed by atoms with Gasteiger partial charge in [-0.05, 0) is 24.5 Å². The van der Waals surface area contributed by atoms with E-state index in [2.05, 4.69) is 15.6 Å². The fourth-order valence-corrected chi connectivity index (χ4v) is 4.45. The first kappa shape index (κ1) is 28.1. The Bertz CT molecular complexity index is 1240. The van der Waals surface area contributed by atoms with Crippen molar-refractivity contribution in [3.8, 4) is 0 Å². The number of fused-ring (bicyclic) bond motifs is 1. The zero-order valence-corrected chi connectivity index (χ0v) is 20.4. The van der Waals surface area contributed by atoms with Crippen molar-refractivity contribution < 1.29 is 39.0 Å². The number of para-hydroxylation sites is 1. The molecular weight excluding hydrogens is 500 g/mol. The highest BCUT2D eigenvalue weighted by molar-refractivity contribution is 5.96. The highest BCUT2D eigenvalue weighted by Gasteiger charge is 2.39. The second-order valence-corrected chi connectivity index (χ2v) is 9.09. The minimum atomic E-state index is -1.56. The van der Waals surface area contributed by atoms with Crippen molar-refractivity contribution in [2.75, 3.05) is 6.54 Å². The molecule has 1 aliphatic rings. The summed E-state index contributed by atoms with van der Waals surface area (Å²) in [5.41, 5.74) is 12.3. The van der Waals surface area contributed by atoms with Gasteiger partial charge in [-0.25, -0.2) is 4.79 Å². The number of likely N-dealkylation sites (tertiary alicyclic amines) is 1. The van der Waals surface area contributed by atoms with E-state index >= 15 is 0 Å². The van der Waals surface area contributed by atoms with E-state index in [-0.39, 0.29) is 19.4 Å². The Morgan fingerprint density at radius 1 is 1.05 bits per heavy atom. The number of primary amides is 1. The molecule has 0 bridgehead atoms. The van der Waals surface area contributed by atoms with E-state index in [4.69, 9.17) is 16.6 Å². The van der Waals surface area contributed by atoms with Gasteiger partial charge in [0.15, 0.2) is 0 Å². The number of aromatic amines is 1. The van der Waals surface area contributed by atoms with Crippen molar-refractivity contribution in [1.82, 2.24) is 20.5 Å². The van der Waals surface area contributed by atoms with Gasteiger partial charge < -0.3 is 42.2 Å². The number of hydrogen-bond acceptors (Lipinski definition) is 7. The number of hydrogen-bond donors (Lipinski definition) is 7. The van der Waals surface area contributed by atoms with Gasteiger partial charge >= 0.3 is 11.9 Å². The van der Waals surface area contributed by atoms with Crippen LogP contribution < -0.4 is 22.1 Å². The summed E-state index contributed by atoms with van der Waals surface area (Å²) in [5, 5.41) is 23.9. The summed E-state index contributed by atoms with van der Waals surface area (Å²) in [5.74, 6) is -5.90. The van der Waals surface area contributed by atoms with Gasteiger partial charge in [-0.3, -0.25) is 24.0 Å². The van der Waals surface area contributed by atoms with Crippen molar-refractivity contribution in [1.29, 1.82) is 0 Å². The van der Waals surface area contributed by atoms with E-state index in [1.165, 1.54) is 4.90 Å². The number of rotatable bonds is 12. The average molecular weight is 531 g/mol. The number of carboxylic acid groups (broad SMARTS) is 2. The van der Waals surface area contributed by atoms with E-state index in [9.17, 15) is 33.9 Å². The monoisotopic (exact) mass is 530 g/mol. The maximum Gasteiger partial charge on any atom is 0.326 e. The third-order valence-corrected chi connectivity index (χ3v) is 6.30. The number of nitrogens with one attached hydrogen (secondary N) is 3. The number of carboxylic acids is 2. The van der Waals surface area contributed by atoms with Crippen molar-refractivity contribution in [2.45, 2.75) is 56.3 Å². The van der Waals surface area contributed by atoms with Crippen molar-refractivity contribution in [2.24, 2.45) is 11.5 Å². The molecule has 0 saturated carbocycles. The van der Waals surface area contributed by atoms with Crippen LogP contribution in [-0.2, 0) is 35.2 Å². The summed E-state index contributed by atoms with van der Waals surface area (Å²) in [4.78, 5) is 77.3. The molecule has 14 heteroatoms. The van der Waals surface area contributed by atoms with Gasteiger partial charge in [0, 0.05) is 30.1 Å². The molecule has 1 aromatic heterocycles. The van der Waals surface area contributed by atoms with Crippen LogP contribution in [0.15, 0.2) is 30.5 Å². The van der Waals surface area contributed by atoms with Crippen LogP contribution in [0.1, 0.15) is 31.2 Å². The Kier molecular flexibility index (Phi) is 9.02. The van der Waals surface area contributed by atoms with E-state index in [1.807, 2.05) is 24.3 Å². The predicted molar refractivity (Wildman–Crippen MR) is 132 cm³/mol. The standard InChI is InChI=1S/C24H30N6O8/c25-14(9-20(32)33)21(34)28-16(8-12-11-27-15-5-2-1-4-13(12)15)23(36)30-7-3-6-18(30)22(35)29-17(24(37)38)10-19(26)31/h1-2,4-5,11,14,16-18,27H,3,6-10,25H2,(H2,26,31)(H,28,34)(H,29,35)(H,32,33)(H,37,38). The Labute approximate surface area is 216 Å². The van der Waals surface area contributed by atoms with Gasteiger partial charge in [-0.1, -0.05) is 18.2 Å². The Hall–Kier alpha value is -4.46. The van der Waals surface area contributed by atoms with Gasteiger partial charge in [-0.15, -0.1) is 0 Å². The third-order valence-electron chi connectivity index (χ3n) is 6.30. The minimum absolute atomic E-state index is 0.0125. The molecule has 1 fully saturated rings. The number of nitrogens with two attached hydrogens (primary N) is 2. The van der Waals surface area contributed by atoms with Crippen LogP contribution in [-0.4, -0.2) is 86.4 Å². The second-order valence-electron chi connectivity index (χ2n) is 9.09. The first-order valence-corrected chi connectivity index (χ1v) is 11.9. The zero-order valence-electron chi connectivity index (χ0n) is 20.4. The van der Waals surface area contributed by atoms with Gasteiger partial charge in [0.25, 0.3) is 0 Å². The van der Waals surface area contributed by atoms with Gasteiger partial charge in [0.05, 0.1) is 18.9 Å². The molecule has 14 nitrogen and oxygen atoms in total. The molecule has 1 aliphatic heterocycles. The quantitative estimate of drug-likeness (QED) is 0.167. The van der Waals surface area contributed by atoms with E-state index in [0.717, 1.165) is 10.9 Å². The minimum Gasteiger partial charge on any atom is -0.481 e. The number of H-pyrrole nitrogens is 1. The summed E-state index contributed by atoms with van der Waals surface area (Å²) in [6, 6.07) is 2.09. The van der Waals surface area contributed by atoms with Crippen LogP contribution in [0.3, 0.4) is 0 Å². The number of nitrogens with zero attached hydrogens (tertiary/aromatic N) is 1. The lowest BCUT2D eigenvalue weighted by Crippen LogP contribution is -2.57. The van der Waals surface area contributed by atoms with E-state index in [1.54, 1.807) is 6.20 Å². The zero-order chi connectivity index (χ0) is 28.0. The summed E-state index contributed by atoms with van der Waals surface area (Å²) in [7, 11) is 0. The number of benzene rings is 1. The van der Waals surface area contributed by atoms with E-state index in [0.29, 0.717) is 12.0 Å². The average Bonchev–Trinajstić information content (AvgIpc) is 3.49. The molecule has 2 aromatic rings. The Morgan fingerprint density at radius 3 is 2.42 bits per heavy atom. The molecule has 4 atom stereocenters. The lowest BCUT2D eigenvalue weighted by atomic mass is 10.0. The molecule has 2 heterocycles. The van der Waals surface area contributed by atoms with Crippen LogP contribution in [0.2, 0.25) is 0 Å². The first-order chi connectivity index (χ1) is 18.0. The summed E-state index contributed by atoms with van der Waals surface area (Å²) < 4.78 is 0. The Balaban J connectivity index is 1.84. The number of carbonyl (C=O) groups is 6. The molecule has 38 heavy (non-hydrogen) atoms. The molecule has 9 N–H and O–H groups in total. The van der Waals surface area contributed by atoms with Crippen molar-refractivity contribution in [3.05, 3.63) is 36.0 Å². The van der Waals surface area contributed by atoms with Crippen LogP contribution in [0.4, 0.5) is 0 Å². The lowest BCUT2D eigenvalue weighted by molar-refractivity contribution is -0.146. The third kappa shape index (κ3) is 6.85. The van der Waals surface area contributed by atoms with Crippen LogP contribution >= 0.6 is 0 Å². The maximum absolute atomic E-state index is 13.7. The molecule has 0 spiro atoms. The summed E-state index contributed by atoms with van der Waals surface area (Å²) >= 11 is 0. The van der Waals surface area contributed by atoms with Crippen LogP contribution in [0, 0.1) is 0 Å². The topological polar surface area (TPSA) is 238 Å². The highest BCUT2D eigenvalue weighted by Crippen LogP contribution is 2.23. The fourth-order valence-electron chi connectivity index (χ4n) is 4.45. The number of aromatic nitrogens is 1. The SMILES string of the molecule is NC(=O)CC(NC(=O)C1CCCN1C(=O)C(Cc1c[nH]c2ccccc12)NC(=O)C(N)CC(=O)O)C(=O)O. The fraction of sp³-hybridized carbons (Fsp3) is 0.417. The molecular formula is C24H30N6O8. The van der Waals surface area contributed by atoms with E-state index < -0.39 is 72.6 Å². The molecule has 4 amide bonds. The van der Waals surface area contributed by atoms with Crippen molar-refractivity contribution >= 4 is 46.5 Å². The number of aliphatic carboxylic acids is 2. The van der Waals surface area contributed by atoms with Crippen molar-refractivity contribution in [3.63, 3.8) is 0 Å². The normalized spacial score (nSPS) is 17.4. The predicted octanol–water partition coefficient (Wildman–Crippen LogP) is -1.57. The molecule has 0 aliphatic carbocycles. The van der Waals surface area contributed by atoms with Gasteiger partial charge in [0.1, 0.15) is 18.1 Å². The molecule has 4 unspecified atom stereocenters. The van der Waals surface area contributed by atoms with Gasteiger partial charge in [0.2, 0.25) is 23.6 Å². The number of amides is 4. The molecule has 3 rings (SSSR count). The molecule has 1 saturated heterocycles. The first-order valence-electron chi connectivity index (χ1n) is 11.9.